The van der Waals surface area contributed by atoms with Crippen molar-refractivity contribution < 1.29 is 19.4 Å². The van der Waals surface area contributed by atoms with Gasteiger partial charge in [-0.2, -0.15) is 0 Å². The van der Waals surface area contributed by atoms with E-state index in [9.17, 15) is 9.90 Å². The van der Waals surface area contributed by atoms with Crippen LogP contribution in [0.1, 0.15) is 5.56 Å². The fourth-order valence-electron chi connectivity index (χ4n) is 1.30. The zero-order valence-corrected chi connectivity index (χ0v) is 7.03. The molecular weight excluding hydrogens is 172 g/mol. The Morgan fingerprint density at radius 2 is 2.31 bits per heavy atom. The number of ether oxygens (including phenoxy) is 2. The van der Waals surface area contributed by atoms with E-state index in [-0.39, 0.29) is 18.1 Å². The van der Waals surface area contributed by atoms with Crippen LogP contribution in [0.5, 0.6) is 17.2 Å². The van der Waals surface area contributed by atoms with Gasteiger partial charge in [-0.3, -0.25) is 4.79 Å². The normalized spacial score (nSPS) is 13.8. The van der Waals surface area contributed by atoms with Gasteiger partial charge >= 0.3 is 5.97 Å². The Kier molecular flexibility index (Phi) is 1.62. The Morgan fingerprint density at radius 3 is 3.00 bits per heavy atom. The molecule has 0 fully saturated rings. The average Bonchev–Trinajstić information content (AvgIpc) is 2.42. The first-order chi connectivity index (χ1) is 6.20. The summed E-state index contributed by atoms with van der Waals surface area (Å²) in [7, 11) is 1.44. The zero-order chi connectivity index (χ0) is 9.42. The Bertz CT molecular complexity index is 370. The van der Waals surface area contributed by atoms with Crippen LogP contribution in [0.15, 0.2) is 12.1 Å². The number of phenolic OH excluding ortho intramolecular Hbond substituents is 1. The first kappa shape index (κ1) is 7.91. The summed E-state index contributed by atoms with van der Waals surface area (Å²) in [5.74, 6) is 0.510. The van der Waals surface area contributed by atoms with E-state index in [0.717, 1.165) is 0 Å². The van der Waals surface area contributed by atoms with Crippen molar-refractivity contribution in [2.75, 3.05) is 7.11 Å². The summed E-state index contributed by atoms with van der Waals surface area (Å²) < 4.78 is 9.74. The summed E-state index contributed by atoms with van der Waals surface area (Å²) in [6.07, 6.45) is 0.215. The van der Waals surface area contributed by atoms with Crippen LogP contribution in [0.3, 0.4) is 0 Å². The van der Waals surface area contributed by atoms with Crippen molar-refractivity contribution in [3.63, 3.8) is 0 Å². The standard InChI is InChI=1S/C9H8O4/c1-12-8-4-7-5(2-6(8)10)3-9(11)13-7/h2,4,10H,3H2,1H3. The molecule has 0 bridgehead atoms. The van der Waals surface area contributed by atoms with E-state index in [0.29, 0.717) is 17.1 Å². The predicted octanol–water partition coefficient (Wildman–Crippen LogP) is 0.862. The number of carbonyl (C=O) groups excluding carboxylic acids is 1. The Labute approximate surface area is 74.7 Å². The maximum Gasteiger partial charge on any atom is 0.315 e. The number of fused-ring (bicyclic) bond motifs is 1. The van der Waals surface area contributed by atoms with Crippen LogP contribution in [0, 0.1) is 0 Å². The van der Waals surface area contributed by atoms with Gasteiger partial charge in [-0.25, -0.2) is 0 Å². The molecule has 0 amide bonds. The second kappa shape index (κ2) is 2.65. The van der Waals surface area contributed by atoms with Crippen LogP contribution >= 0.6 is 0 Å². The van der Waals surface area contributed by atoms with Crippen molar-refractivity contribution >= 4 is 5.97 Å². The number of aromatic hydroxyl groups is 1. The molecule has 0 unspecified atom stereocenters. The van der Waals surface area contributed by atoms with E-state index in [1.165, 1.54) is 19.2 Å². The summed E-state index contributed by atoms with van der Waals surface area (Å²) in [5, 5.41) is 9.37. The molecule has 2 rings (SSSR count). The fourth-order valence-corrected chi connectivity index (χ4v) is 1.30. The first-order valence-corrected chi connectivity index (χ1v) is 3.81. The lowest BCUT2D eigenvalue weighted by atomic mass is 10.1. The predicted molar refractivity (Wildman–Crippen MR) is 44.0 cm³/mol. The van der Waals surface area contributed by atoms with Crippen LogP contribution in [-0.4, -0.2) is 18.2 Å². The molecule has 4 heteroatoms. The van der Waals surface area contributed by atoms with Gasteiger partial charge in [0.1, 0.15) is 5.75 Å². The molecule has 0 radical (unpaired) electrons. The summed E-state index contributed by atoms with van der Waals surface area (Å²) in [6.45, 7) is 0. The Hall–Kier alpha value is -1.71. The van der Waals surface area contributed by atoms with Crippen molar-refractivity contribution in [1.29, 1.82) is 0 Å². The highest BCUT2D eigenvalue weighted by atomic mass is 16.5. The molecule has 0 saturated heterocycles. The third kappa shape index (κ3) is 1.20. The second-order valence-electron chi connectivity index (χ2n) is 2.78. The molecule has 4 nitrogen and oxygen atoms in total. The third-order valence-corrected chi connectivity index (χ3v) is 1.92. The number of hydrogen-bond acceptors (Lipinski definition) is 4. The molecule has 68 valence electrons. The lowest BCUT2D eigenvalue weighted by Crippen LogP contribution is -2.00. The molecule has 0 spiro atoms. The highest BCUT2D eigenvalue weighted by molar-refractivity contribution is 5.81. The summed E-state index contributed by atoms with van der Waals surface area (Å²) in [5.41, 5.74) is 0.698. The van der Waals surface area contributed by atoms with Gasteiger partial charge in [0.25, 0.3) is 0 Å². The number of benzene rings is 1. The molecule has 13 heavy (non-hydrogen) atoms. The van der Waals surface area contributed by atoms with Crippen molar-refractivity contribution in [3.8, 4) is 17.2 Å². The van der Waals surface area contributed by atoms with E-state index in [1.54, 1.807) is 0 Å². The first-order valence-electron chi connectivity index (χ1n) is 3.81. The minimum Gasteiger partial charge on any atom is -0.504 e. The SMILES string of the molecule is COc1cc2c(cc1O)CC(=O)O2. The van der Waals surface area contributed by atoms with Crippen molar-refractivity contribution in [2.24, 2.45) is 0 Å². The second-order valence-corrected chi connectivity index (χ2v) is 2.78. The van der Waals surface area contributed by atoms with E-state index in [2.05, 4.69) is 0 Å². The van der Waals surface area contributed by atoms with Gasteiger partial charge < -0.3 is 14.6 Å². The lowest BCUT2D eigenvalue weighted by molar-refractivity contribution is -0.131. The monoisotopic (exact) mass is 180 g/mol. The maximum absolute atomic E-state index is 10.9. The summed E-state index contributed by atoms with van der Waals surface area (Å²) in [4.78, 5) is 10.9. The van der Waals surface area contributed by atoms with Gasteiger partial charge in [0.2, 0.25) is 0 Å². The minimum absolute atomic E-state index is 0.0274. The molecule has 1 aliphatic rings. The number of methoxy groups -OCH3 is 1. The van der Waals surface area contributed by atoms with E-state index < -0.39 is 0 Å². The minimum atomic E-state index is -0.303. The molecule has 1 aromatic rings. The highest BCUT2D eigenvalue weighted by Crippen LogP contribution is 2.36. The van der Waals surface area contributed by atoms with Gasteiger partial charge in [0, 0.05) is 11.6 Å². The van der Waals surface area contributed by atoms with E-state index >= 15 is 0 Å². The van der Waals surface area contributed by atoms with E-state index in [4.69, 9.17) is 9.47 Å². The van der Waals surface area contributed by atoms with Crippen molar-refractivity contribution in [1.82, 2.24) is 0 Å². The molecule has 0 saturated carbocycles. The van der Waals surface area contributed by atoms with Gasteiger partial charge in [0.05, 0.1) is 13.5 Å². The molecule has 1 N–H and O–H groups in total. The lowest BCUT2D eigenvalue weighted by Gasteiger charge is -2.04. The molecule has 0 aromatic heterocycles. The fraction of sp³-hybridized carbons (Fsp3) is 0.222. The van der Waals surface area contributed by atoms with Crippen LogP contribution in [-0.2, 0) is 11.2 Å². The molecule has 1 aliphatic heterocycles. The Balaban J connectivity index is 2.50. The number of rotatable bonds is 1. The van der Waals surface area contributed by atoms with Crippen LogP contribution in [0.25, 0.3) is 0 Å². The van der Waals surface area contributed by atoms with Crippen LogP contribution in [0.2, 0.25) is 0 Å². The highest BCUT2D eigenvalue weighted by Gasteiger charge is 2.22. The van der Waals surface area contributed by atoms with Gasteiger partial charge in [-0.1, -0.05) is 0 Å². The zero-order valence-electron chi connectivity index (χ0n) is 7.03. The number of phenols is 1. The smallest absolute Gasteiger partial charge is 0.315 e. The quantitative estimate of drug-likeness (QED) is 0.514. The van der Waals surface area contributed by atoms with Crippen LogP contribution < -0.4 is 9.47 Å². The molecular formula is C9H8O4. The number of esters is 1. The third-order valence-electron chi connectivity index (χ3n) is 1.92. The average molecular weight is 180 g/mol. The van der Waals surface area contributed by atoms with Gasteiger partial charge in [-0.15, -0.1) is 0 Å². The van der Waals surface area contributed by atoms with Crippen molar-refractivity contribution in [3.05, 3.63) is 17.7 Å². The van der Waals surface area contributed by atoms with E-state index in [1.807, 2.05) is 0 Å². The Morgan fingerprint density at radius 1 is 1.54 bits per heavy atom. The summed E-state index contributed by atoms with van der Waals surface area (Å²) in [6, 6.07) is 2.99. The molecule has 0 atom stereocenters. The van der Waals surface area contributed by atoms with Gasteiger partial charge in [-0.05, 0) is 6.07 Å². The number of hydrogen-bond donors (Lipinski definition) is 1. The molecule has 1 aromatic carbocycles. The molecule has 1 heterocycles. The summed E-state index contributed by atoms with van der Waals surface area (Å²) >= 11 is 0. The molecule has 0 aliphatic carbocycles. The van der Waals surface area contributed by atoms with Crippen LogP contribution in [0.4, 0.5) is 0 Å². The maximum atomic E-state index is 10.9. The van der Waals surface area contributed by atoms with Gasteiger partial charge in [0.15, 0.2) is 11.5 Å². The number of carbonyl (C=O) groups is 1. The topological polar surface area (TPSA) is 55.8 Å². The largest absolute Gasteiger partial charge is 0.504 e. The van der Waals surface area contributed by atoms with Crippen molar-refractivity contribution in [2.45, 2.75) is 6.42 Å².